The summed E-state index contributed by atoms with van der Waals surface area (Å²) in [7, 11) is 0. The van der Waals surface area contributed by atoms with Gasteiger partial charge >= 0.3 is 0 Å². The van der Waals surface area contributed by atoms with Gasteiger partial charge in [0.1, 0.15) is 5.75 Å². The minimum atomic E-state index is -0.531. The molecule has 2 aliphatic rings. The van der Waals surface area contributed by atoms with Gasteiger partial charge in [-0.25, -0.2) is 0 Å². The van der Waals surface area contributed by atoms with E-state index < -0.39 is 5.78 Å². The lowest BCUT2D eigenvalue weighted by atomic mass is 9.69. The molecule has 1 N–H and O–H groups in total. The number of carbonyl (C=O) groups is 2. The monoisotopic (exact) mass is 378 g/mol. The van der Waals surface area contributed by atoms with Crippen LogP contribution in [0.1, 0.15) is 67.4 Å². The molecule has 0 bridgehead atoms. The number of halogens is 1. The Morgan fingerprint density at radius 1 is 1.35 bits per heavy atom. The van der Waals surface area contributed by atoms with Crippen molar-refractivity contribution in [2.24, 2.45) is 17.3 Å². The maximum absolute atomic E-state index is 12.6. The van der Waals surface area contributed by atoms with Crippen molar-refractivity contribution in [3.8, 4) is 5.75 Å². The SMILES string of the molecule is Cc1cc2c(c(O)c1Br)C(=O)C(=O)CC1(C)CCC(C(C)C)C21. The fourth-order valence-electron chi connectivity index (χ4n) is 4.73. The van der Waals surface area contributed by atoms with Crippen molar-refractivity contribution in [3.05, 3.63) is 27.2 Å². The molecule has 124 valence electrons. The third kappa shape index (κ3) is 2.37. The summed E-state index contributed by atoms with van der Waals surface area (Å²) in [5.74, 6) is 0.0761. The van der Waals surface area contributed by atoms with E-state index >= 15 is 0 Å². The van der Waals surface area contributed by atoms with Gasteiger partial charge in [0.25, 0.3) is 0 Å². The molecule has 1 fully saturated rings. The minimum absolute atomic E-state index is 0.0722. The summed E-state index contributed by atoms with van der Waals surface area (Å²) in [6.45, 7) is 8.46. The van der Waals surface area contributed by atoms with E-state index in [1.54, 1.807) is 0 Å². The molecule has 3 atom stereocenters. The van der Waals surface area contributed by atoms with Gasteiger partial charge in [0, 0.05) is 6.42 Å². The quantitative estimate of drug-likeness (QED) is 0.715. The van der Waals surface area contributed by atoms with Crippen LogP contribution in [0.2, 0.25) is 0 Å². The highest BCUT2D eigenvalue weighted by molar-refractivity contribution is 9.10. The Balaban J connectivity index is 2.33. The second-order valence-corrected chi connectivity index (χ2v) is 8.62. The van der Waals surface area contributed by atoms with E-state index in [9.17, 15) is 14.7 Å². The normalized spacial score (nSPS) is 30.3. The summed E-state index contributed by atoms with van der Waals surface area (Å²) in [4.78, 5) is 25.1. The summed E-state index contributed by atoms with van der Waals surface area (Å²) in [5, 5.41) is 10.5. The number of benzene rings is 1. The number of fused-ring (bicyclic) bond motifs is 3. The second kappa shape index (κ2) is 5.44. The third-order valence-corrected chi connectivity index (χ3v) is 6.92. The summed E-state index contributed by atoms with van der Waals surface area (Å²) in [6.07, 6.45) is 2.30. The highest BCUT2D eigenvalue weighted by atomic mass is 79.9. The van der Waals surface area contributed by atoms with Crippen LogP contribution in [0, 0.1) is 24.2 Å². The molecule has 3 nitrogen and oxygen atoms in total. The molecule has 0 spiro atoms. The molecule has 4 heteroatoms. The van der Waals surface area contributed by atoms with Gasteiger partial charge in [-0.2, -0.15) is 0 Å². The lowest BCUT2D eigenvalue weighted by Gasteiger charge is -2.35. The van der Waals surface area contributed by atoms with Crippen molar-refractivity contribution in [2.45, 2.75) is 52.9 Å². The van der Waals surface area contributed by atoms with Gasteiger partial charge in [0.05, 0.1) is 10.0 Å². The van der Waals surface area contributed by atoms with Crippen LogP contribution in [-0.4, -0.2) is 16.7 Å². The number of hydrogen-bond donors (Lipinski definition) is 1. The standard InChI is InChI=1S/C19H23BrO3/c1-9(2)11-5-6-19(4)8-13(21)17(22)14-12(15(11)19)7-10(3)16(20)18(14)23/h7,9,11,15,23H,5-6,8H2,1-4H3. The first-order valence-electron chi connectivity index (χ1n) is 8.27. The molecule has 1 aromatic carbocycles. The van der Waals surface area contributed by atoms with Gasteiger partial charge in [-0.3, -0.25) is 9.59 Å². The highest BCUT2D eigenvalue weighted by Crippen LogP contribution is 2.59. The van der Waals surface area contributed by atoms with E-state index in [-0.39, 0.29) is 34.8 Å². The average molecular weight is 379 g/mol. The van der Waals surface area contributed by atoms with E-state index in [1.165, 1.54) is 0 Å². The van der Waals surface area contributed by atoms with Crippen LogP contribution >= 0.6 is 15.9 Å². The summed E-state index contributed by atoms with van der Waals surface area (Å²) in [6, 6.07) is 2.00. The molecule has 0 aliphatic heterocycles. The van der Waals surface area contributed by atoms with Crippen LogP contribution in [0.15, 0.2) is 10.5 Å². The van der Waals surface area contributed by atoms with E-state index in [0.29, 0.717) is 16.3 Å². The molecule has 0 heterocycles. The van der Waals surface area contributed by atoms with Crippen molar-refractivity contribution in [3.63, 3.8) is 0 Å². The fraction of sp³-hybridized carbons (Fsp3) is 0.579. The molecule has 1 aromatic rings. The fourth-order valence-corrected chi connectivity index (χ4v) is 5.04. The molecule has 3 rings (SSSR count). The smallest absolute Gasteiger partial charge is 0.232 e. The summed E-state index contributed by atoms with van der Waals surface area (Å²) >= 11 is 3.35. The first-order chi connectivity index (χ1) is 10.7. The average Bonchev–Trinajstić information content (AvgIpc) is 2.77. The van der Waals surface area contributed by atoms with Crippen LogP contribution in [0.5, 0.6) is 5.75 Å². The van der Waals surface area contributed by atoms with Gasteiger partial charge in [-0.05, 0) is 70.0 Å². The molecule has 0 radical (unpaired) electrons. The van der Waals surface area contributed by atoms with Gasteiger partial charge < -0.3 is 5.11 Å². The Hall–Kier alpha value is -1.16. The number of ketones is 2. The number of Topliss-reactive ketones (excluding diaryl/α,β-unsaturated/α-hetero) is 2. The van der Waals surface area contributed by atoms with E-state index in [2.05, 4.69) is 36.7 Å². The molecule has 2 aliphatic carbocycles. The number of rotatable bonds is 1. The number of phenolic OH excluding ortho intramolecular Hbond substituents is 1. The van der Waals surface area contributed by atoms with Gasteiger partial charge in [-0.15, -0.1) is 0 Å². The number of carbonyl (C=O) groups excluding carboxylic acids is 2. The van der Waals surface area contributed by atoms with Crippen molar-refractivity contribution in [1.29, 1.82) is 0 Å². The van der Waals surface area contributed by atoms with E-state index in [0.717, 1.165) is 24.0 Å². The zero-order valence-corrected chi connectivity index (χ0v) is 15.7. The minimum Gasteiger partial charge on any atom is -0.506 e. The number of aryl methyl sites for hydroxylation is 1. The number of aromatic hydroxyl groups is 1. The molecular weight excluding hydrogens is 356 g/mol. The number of phenols is 1. The van der Waals surface area contributed by atoms with Crippen LogP contribution in [-0.2, 0) is 4.79 Å². The summed E-state index contributed by atoms with van der Waals surface area (Å²) < 4.78 is 0.514. The second-order valence-electron chi connectivity index (χ2n) is 7.83. The van der Waals surface area contributed by atoms with Crippen LogP contribution in [0.3, 0.4) is 0 Å². The van der Waals surface area contributed by atoms with Gasteiger partial charge in [-0.1, -0.05) is 26.8 Å². The zero-order valence-electron chi connectivity index (χ0n) is 14.1. The maximum Gasteiger partial charge on any atom is 0.232 e. The van der Waals surface area contributed by atoms with Crippen LogP contribution in [0.4, 0.5) is 0 Å². The molecule has 23 heavy (non-hydrogen) atoms. The highest BCUT2D eigenvalue weighted by Gasteiger charge is 2.52. The first-order valence-corrected chi connectivity index (χ1v) is 9.06. The van der Waals surface area contributed by atoms with Crippen molar-refractivity contribution in [2.75, 3.05) is 0 Å². The molecular formula is C19H23BrO3. The van der Waals surface area contributed by atoms with E-state index in [1.807, 2.05) is 13.0 Å². The Kier molecular flexibility index (Phi) is 3.95. The van der Waals surface area contributed by atoms with Crippen LogP contribution < -0.4 is 0 Å². The molecule has 1 saturated carbocycles. The van der Waals surface area contributed by atoms with Gasteiger partial charge in [0.15, 0.2) is 0 Å². The third-order valence-electron chi connectivity index (χ3n) is 5.92. The summed E-state index contributed by atoms with van der Waals surface area (Å²) in [5.41, 5.74) is 1.81. The Labute approximate surface area is 145 Å². The Morgan fingerprint density at radius 3 is 2.61 bits per heavy atom. The molecule has 3 unspecified atom stereocenters. The first kappa shape index (κ1) is 16.7. The maximum atomic E-state index is 12.6. The van der Waals surface area contributed by atoms with E-state index in [4.69, 9.17) is 0 Å². The lowest BCUT2D eigenvalue weighted by molar-refractivity contribution is -0.117. The number of hydrogen-bond acceptors (Lipinski definition) is 3. The predicted molar refractivity (Wildman–Crippen MR) is 92.9 cm³/mol. The zero-order chi connectivity index (χ0) is 17.1. The molecule has 0 saturated heterocycles. The predicted octanol–water partition coefficient (Wildman–Crippen LogP) is 4.77. The lowest BCUT2D eigenvalue weighted by Crippen LogP contribution is -2.27. The van der Waals surface area contributed by atoms with Crippen molar-refractivity contribution in [1.82, 2.24) is 0 Å². The molecule has 0 aromatic heterocycles. The van der Waals surface area contributed by atoms with Crippen molar-refractivity contribution >= 4 is 27.5 Å². The Bertz CT molecular complexity index is 707. The Morgan fingerprint density at radius 2 is 2.00 bits per heavy atom. The topological polar surface area (TPSA) is 54.4 Å². The largest absolute Gasteiger partial charge is 0.506 e. The molecule has 0 amide bonds. The van der Waals surface area contributed by atoms with Crippen molar-refractivity contribution < 1.29 is 14.7 Å². The van der Waals surface area contributed by atoms with Gasteiger partial charge in [0.2, 0.25) is 11.6 Å². The van der Waals surface area contributed by atoms with Crippen LogP contribution in [0.25, 0.3) is 0 Å².